The van der Waals surface area contributed by atoms with Crippen LogP contribution in [0.3, 0.4) is 0 Å². The number of carboxylic acid groups (broad SMARTS) is 1. The average Bonchev–Trinajstić information content (AvgIpc) is 2.75. The number of hydrogen-bond acceptors (Lipinski definition) is 3. The van der Waals surface area contributed by atoms with Crippen molar-refractivity contribution in [1.82, 2.24) is 4.98 Å². The fourth-order valence-electron chi connectivity index (χ4n) is 1.63. The van der Waals surface area contributed by atoms with Crippen molar-refractivity contribution in [2.75, 3.05) is 0 Å². The Morgan fingerprint density at radius 3 is 2.61 bits per heavy atom. The first-order valence-corrected chi connectivity index (χ1v) is 6.38. The van der Waals surface area contributed by atoms with Crippen molar-refractivity contribution in [3.8, 4) is 0 Å². The number of thiazole rings is 1. The molecule has 0 fully saturated rings. The first-order valence-electron chi connectivity index (χ1n) is 5.56. The number of aryl methyl sites for hydroxylation is 1. The summed E-state index contributed by atoms with van der Waals surface area (Å²) in [5.74, 6) is -1.26. The lowest BCUT2D eigenvalue weighted by atomic mass is 10.1. The summed E-state index contributed by atoms with van der Waals surface area (Å²) in [5, 5.41) is 9.92. The van der Waals surface area contributed by atoms with E-state index < -0.39 is 5.97 Å². The molecule has 0 atom stereocenters. The standard InChI is InChI=1S/C13H12FNO2S/c1-2-11-15-10(12(18-11)13(16)17)7-8-3-5-9(14)6-4-8/h3-6H,2,7H2,1H3,(H,16,17). The van der Waals surface area contributed by atoms with Crippen LogP contribution >= 0.6 is 11.3 Å². The molecule has 3 nitrogen and oxygen atoms in total. The highest BCUT2D eigenvalue weighted by atomic mass is 32.1. The number of halogens is 1. The van der Waals surface area contributed by atoms with Gasteiger partial charge in [0.25, 0.3) is 0 Å². The number of carbonyl (C=O) groups is 1. The molecule has 1 aromatic carbocycles. The molecule has 0 spiro atoms. The second-order valence-electron chi connectivity index (χ2n) is 3.85. The highest BCUT2D eigenvalue weighted by Gasteiger charge is 2.16. The van der Waals surface area contributed by atoms with Gasteiger partial charge in [-0.3, -0.25) is 0 Å². The Morgan fingerprint density at radius 2 is 2.06 bits per heavy atom. The van der Waals surface area contributed by atoms with E-state index in [4.69, 9.17) is 5.11 Å². The fraction of sp³-hybridized carbons (Fsp3) is 0.231. The summed E-state index contributed by atoms with van der Waals surface area (Å²) in [4.78, 5) is 15.7. The van der Waals surface area contributed by atoms with Gasteiger partial charge in [-0.15, -0.1) is 11.3 Å². The molecule has 0 unspecified atom stereocenters. The van der Waals surface area contributed by atoms with E-state index >= 15 is 0 Å². The van der Waals surface area contributed by atoms with Crippen LogP contribution in [-0.2, 0) is 12.8 Å². The number of benzene rings is 1. The molecule has 1 N–H and O–H groups in total. The third-order valence-electron chi connectivity index (χ3n) is 2.52. The van der Waals surface area contributed by atoms with Crippen LogP contribution in [0.25, 0.3) is 0 Å². The molecule has 2 rings (SSSR count). The van der Waals surface area contributed by atoms with Crippen molar-refractivity contribution >= 4 is 17.3 Å². The number of nitrogens with zero attached hydrogens (tertiary/aromatic N) is 1. The molecule has 0 bridgehead atoms. The molecule has 0 radical (unpaired) electrons. The minimum Gasteiger partial charge on any atom is -0.477 e. The summed E-state index contributed by atoms with van der Waals surface area (Å²) < 4.78 is 12.8. The molecule has 1 aromatic heterocycles. The number of hydrogen-bond donors (Lipinski definition) is 1. The summed E-state index contributed by atoms with van der Waals surface area (Å²) in [5.41, 5.74) is 1.41. The van der Waals surface area contributed by atoms with Crippen LogP contribution in [0.4, 0.5) is 4.39 Å². The molecule has 0 aliphatic carbocycles. The molecule has 0 saturated carbocycles. The summed E-state index contributed by atoms with van der Waals surface area (Å²) in [6, 6.07) is 6.02. The molecular formula is C13H12FNO2S. The van der Waals surface area contributed by atoms with Crippen LogP contribution in [0.5, 0.6) is 0 Å². The Bertz CT molecular complexity index is 563. The average molecular weight is 265 g/mol. The van der Waals surface area contributed by atoms with E-state index in [0.29, 0.717) is 18.5 Å². The Hall–Kier alpha value is -1.75. The fourth-order valence-corrected chi connectivity index (χ4v) is 2.49. The van der Waals surface area contributed by atoms with E-state index in [0.717, 1.165) is 10.6 Å². The summed E-state index contributed by atoms with van der Waals surface area (Å²) >= 11 is 1.21. The first kappa shape index (κ1) is 12.7. The number of aromatic carboxylic acids is 1. The minimum absolute atomic E-state index is 0.274. The second kappa shape index (κ2) is 5.27. The Balaban J connectivity index is 2.30. The van der Waals surface area contributed by atoms with Gasteiger partial charge in [-0.25, -0.2) is 14.2 Å². The van der Waals surface area contributed by atoms with Gasteiger partial charge in [0, 0.05) is 6.42 Å². The molecule has 0 saturated heterocycles. The molecule has 0 aliphatic heterocycles. The van der Waals surface area contributed by atoms with Gasteiger partial charge in [-0.2, -0.15) is 0 Å². The van der Waals surface area contributed by atoms with Crippen molar-refractivity contribution in [3.63, 3.8) is 0 Å². The van der Waals surface area contributed by atoms with Gasteiger partial charge in [-0.1, -0.05) is 19.1 Å². The monoisotopic (exact) mass is 265 g/mol. The van der Waals surface area contributed by atoms with Gasteiger partial charge in [0.1, 0.15) is 10.7 Å². The summed E-state index contributed by atoms with van der Waals surface area (Å²) in [6.45, 7) is 1.94. The smallest absolute Gasteiger partial charge is 0.347 e. The lowest BCUT2D eigenvalue weighted by Gasteiger charge is -1.99. The second-order valence-corrected chi connectivity index (χ2v) is 4.93. The highest BCUT2D eigenvalue weighted by molar-refractivity contribution is 7.13. The Morgan fingerprint density at radius 1 is 1.39 bits per heavy atom. The SMILES string of the molecule is CCc1nc(Cc2ccc(F)cc2)c(C(=O)O)s1. The molecule has 94 valence electrons. The number of aromatic nitrogens is 1. The van der Waals surface area contributed by atoms with Crippen LogP contribution in [0, 0.1) is 5.82 Å². The molecule has 2 aromatic rings. The van der Waals surface area contributed by atoms with Crippen LogP contribution < -0.4 is 0 Å². The predicted molar refractivity (Wildman–Crippen MR) is 67.7 cm³/mol. The quantitative estimate of drug-likeness (QED) is 0.924. The van der Waals surface area contributed by atoms with Gasteiger partial charge >= 0.3 is 5.97 Å². The lowest BCUT2D eigenvalue weighted by Crippen LogP contribution is -2.00. The number of carboxylic acids is 1. The number of rotatable bonds is 4. The normalized spacial score (nSPS) is 10.6. The molecule has 0 amide bonds. The third-order valence-corrected chi connectivity index (χ3v) is 3.75. The van der Waals surface area contributed by atoms with Gasteiger partial charge in [-0.05, 0) is 24.1 Å². The van der Waals surface area contributed by atoms with E-state index in [2.05, 4.69) is 4.98 Å². The minimum atomic E-state index is -0.954. The maximum Gasteiger partial charge on any atom is 0.347 e. The Kier molecular flexibility index (Phi) is 3.72. The molecule has 0 aliphatic rings. The van der Waals surface area contributed by atoms with E-state index in [1.54, 1.807) is 12.1 Å². The van der Waals surface area contributed by atoms with Crippen molar-refractivity contribution in [1.29, 1.82) is 0 Å². The zero-order valence-electron chi connectivity index (χ0n) is 9.81. The van der Waals surface area contributed by atoms with E-state index in [1.807, 2.05) is 6.92 Å². The van der Waals surface area contributed by atoms with Crippen LogP contribution in [0.2, 0.25) is 0 Å². The van der Waals surface area contributed by atoms with Crippen molar-refractivity contribution in [2.24, 2.45) is 0 Å². The molecular weight excluding hydrogens is 253 g/mol. The zero-order valence-corrected chi connectivity index (χ0v) is 10.6. The maximum atomic E-state index is 12.8. The lowest BCUT2D eigenvalue weighted by molar-refractivity contribution is 0.0701. The van der Waals surface area contributed by atoms with Crippen molar-refractivity contribution in [3.05, 3.63) is 51.2 Å². The molecule has 18 heavy (non-hydrogen) atoms. The zero-order chi connectivity index (χ0) is 13.1. The van der Waals surface area contributed by atoms with Crippen molar-refractivity contribution in [2.45, 2.75) is 19.8 Å². The highest BCUT2D eigenvalue weighted by Crippen LogP contribution is 2.22. The molecule has 5 heteroatoms. The van der Waals surface area contributed by atoms with Gasteiger partial charge in [0.2, 0.25) is 0 Å². The van der Waals surface area contributed by atoms with E-state index in [9.17, 15) is 9.18 Å². The van der Waals surface area contributed by atoms with Gasteiger partial charge in [0.15, 0.2) is 0 Å². The van der Waals surface area contributed by atoms with Crippen LogP contribution in [-0.4, -0.2) is 16.1 Å². The maximum absolute atomic E-state index is 12.8. The van der Waals surface area contributed by atoms with E-state index in [1.165, 1.54) is 23.5 Å². The summed E-state index contributed by atoms with van der Waals surface area (Å²) in [6.07, 6.45) is 1.13. The Labute approximate surface area is 108 Å². The van der Waals surface area contributed by atoms with Gasteiger partial charge < -0.3 is 5.11 Å². The first-order chi connectivity index (χ1) is 8.60. The van der Waals surface area contributed by atoms with E-state index in [-0.39, 0.29) is 10.7 Å². The topological polar surface area (TPSA) is 50.2 Å². The summed E-state index contributed by atoms with van der Waals surface area (Å²) in [7, 11) is 0. The van der Waals surface area contributed by atoms with Crippen molar-refractivity contribution < 1.29 is 14.3 Å². The van der Waals surface area contributed by atoms with Gasteiger partial charge in [0.05, 0.1) is 10.7 Å². The van der Waals surface area contributed by atoms with Crippen LogP contribution in [0.1, 0.15) is 32.9 Å². The third kappa shape index (κ3) is 2.73. The largest absolute Gasteiger partial charge is 0.477 e. The molecule has 1 heterocycles. The predicted octanol–water partition coefficient (Wildman–Crippen LogP) is 3.13. The van der Waals surface area contributed by atoms with Crippen LogP contribution in [0.15, 0.2) is 24.3 Å².